The number of hydrogen-bond acceptors (Lipinski definition) is 3. The van der Waals surface area contributed by atoms with E-state index in [0.717, 1.165) is 0 Å². The molecule has 118 valence electrons. The molecule has 0 radical (unpaired) electrons. The van der Waals surface area contributed by atoms with E-state index in [2.05, 4.69) is 5.32 Å². The maximum atomic E-state index is 13.6. The molecule has 0 aliphatic carbocycles. The number of carbonyl (C=O) groups excluding carboxylic acids is 1. The SMILES string of the molecule is CCc1ccc(NC(=O)N(C)CCS(=O)(=O)CC)cc1F. The molecule has 0 saturated carbocycles. The minimum Gasteiger partial charge on any atom is -0.327 e. The monoisotopic (exact) mass is 316 g/mol. The molecule has 0 aromatic heterocycles. The van der Waals surface area contributed by atoms with Gasteiger partial charge < -0.3 is 10.2 Å². The lowest BCUT2D eigenvalue weighted by molar-refractivity contribution is 0.225. The van der Waals surface area contributed by atoms with Gasteiger partial charge in [0.05, 0.1) is 5.75 Å². The van der Waals surface area contributed by atoms with Gasteiger partial charge in [-0.3, -0.25) is 0 Å². The second kappa shape index (κ2) is 7.40. The molecular weight excluding hydrogens is 295 g/mol. The van der Waals surface area contributed by atoms with E-state index in [1.54, 1.807) is 19.1 Å². The van der Waals surface area contributed by atoms with Gasteiger partial charge in [-0.2, -0.15) is 0 Å². The van der Waals surface area contributed by atoms with Gasteiger partial charge in [0.15, 0.2) is 9.84 Å². The summed E-state index contributed by atoms with van der Waals surface area (Å²) < 4.78 is 36.4. The van der Waals surface area contributed by atoms with Crippen molar-refractivity contribution in [1.29, 1.82) is 0 Å². The molecular formula is C14H21FN2O3S. The molecule has 0 atom stereocenters. The van der Waals surface area contributed by atoms with Gasteiger partial charge in [-0.25, -0.2) is 17.6 Å². The number of aryl methyl sites for hydroxylation is 1. The van der Waals surface area contributed by atoms with Gasteiger partial charge in [-0.1, -0.05) is 19.9 Å². The summed E-state index contributed by atoms with van der Waals surface area (Å²) in [6, 6.07) is 4.03. The number of halogens is 1. The Balaban J connectivity index is 2.62. The summed E-state index contributed by atoms with van der Waals surface area (Å²) in [7, 11) is -1.62. The quantitative estimate of drug-likeness (QED) is 0.875. The molecule has 0 aliphatic heterocycles. The molecule has 5 nitrogen and oxygen atoms in total. The summed E-state index contributed by atoms with van der Waals surface area (Å²) in [6.45, 7) is 3.50. The number of sulfone groups is 1. The van der Waals surface area contributed by atoms with Crippen LogP contribution in [0, 0.1) is 5.82 Å². The molecule has 0 unspecified atom stereocenters. The van der Waals surface area contributed by atoms with E-state index < -0.39 is 15.9 Å². The average molecular weight is 316 g/mol. The number of carbonyl (C=O) groups is 1. The van der Waals surface area contributed by atoms with E-state index >= 15 is 0 Å². The zero-order valence-corrected chi connectivity index (χ0v) is 13.3. The van der Waals surface area contributed by atoms with Crippen LogP contribution in [-0.2, 0) is 16.3 Å². The van der Waals surface area contributed by atoms with Crippen LogP contribution in [0.15, 0.2) is 18.2 Å². The van der Waals surface area contributed by atoms with Crippen molar-refractivity contribution in [1.82, 2.24) is 4.90 Å². The fourth-order valence-electron chi connectivity index (χ4n) is 1.65. The Hall–Kier alpha value is -1.63. The number of nitrogens with one attached hydrogen (secondary N) is 1. The fraction of sp³-hybridized carbons (Fsp3) is 0.500. The van der Waals surface area contributed by atoms with E-state index in [4.69, 9.17) is 0 Å². The molecule has 0 saturated heterocycles. The number of amides is 2. The Kier molecular flexibility index (Phi) is 6.14. The molecule has 1 N–H and O–H groups in total. The third-order valence-electron chi connectivity index (χ3n) is 3.21. The van der Waals surface area contributed by atoms with E-state index in [1.165, 1.54) is 18.0 Å². The summed E-state index contributed by atoms with van der Waals surface area (Å²) in [6.07, 6.45) is 0.578. The van der Waals surface area contributed by atoms with Crippen LogP contribution < -0.4 is 5.32 Å². The number of nitrogens with zero attached hydrogens (tertiary/aromatic N) is 1. The van der Waals surface area contributed by atoms with E-state index in [-0.39, 0.29) is 23.9 Å². The molecule has 0 heterocycles. The van der Waals surface area contributed by atoms with Crippen LogP contribution in [0.1, 0.15) is 19.4 Å². The smallest absolute Gasteiger partial charge is 0.321 e. The largest absolute Gasteiger partial charge is 0.327 e. The van der Waals surface area contributed by atoms with Crippen LogP contribution in [0.4, 0.5) is 14.9 Å². The van der Waals surface area contributed by atoms with Crippen LogP contribution in [0.2, 0.25) is 0 Å². The summed E-state index contributed by atoms with van der Waals surface area (Å²) in [5, 5.41) is 2.54. The molecule has 2 amide bonds. The maximum Gasteiger partial charge on any atom is 0.321 e. The normalized spacial score (nSPS) is 11.2. The van der Waals surface area contributed by atoms with Gasteiger partial charge in [-0.15, -0.1) is 0 Å². The molecule has 1 rings (SSSR count). The van der Waals surface area contributed by atoms with Gasteiger partial charge in [-0.05, 0) is 24.1 Å². The van der Waals surface area contributed by atoms with Crippen LogP contribution >= 0.6 is 0 Å². The standard InChI is InChI=1S/C14H21FN2O3S/c1-4-11-6-7-12(10-13(11)15)16-14(18)17(3)8-9-21(19,20)5-2/h6-7,10H,4-5,8-9H2,1-3H3,(H,16,18). The van der Waals surface area contributed by atoms with E-state index in [1.807, 2.05) is 6.92 Å². The first-order chi connectivity index (χ1) is 9.79. The zero-order valence-electron chi connectivity index (χ0n) is 12.5. The maximum absolute atomic E-state index is 13.6. The number of urea groups is 1. The Labute approximate surface area is 125 Å². The Morgan fingerprint density at radius 3 is 2.52 bits per heavy atom. The average Bonchev–Trinajstić information content (AvgIpc) is 2.45. The van der Waals surface area contributed by atoms with Crippen molar-refractivity contribution in [3.05, 3.63) is 29.6 Å². The van der Waals surface area contributed by atoms with Crippen LogP contribution in [0.5, 0.6) is 0 Å². The predicted octanol–water partition coefficient (Wildman–Crippen LogP) is 2.29. The molecule has 0 aliphatic rings. The highest BCUT2D eigenvalue weighted by molar-refractivity contribution is 7.91. The highest BCUT2D eigenvalue weighted by atomic mass is 32.2. The second-order valence-corrected chi connectivity index (χ2v) is 7.22. The topological polar surface area (TPSA) is 66.5 Å². The van der Waals surface area contributed by atoms with Gasteiger partial charge in [0, 0.05) is 25.0 Å². The van der Waals surface area contributed by atoms with Crippen molar-refractivity contribution in [2.75, 3.05) is 30.4 Å². The van der Waals surface area contributed by atoms with Gasteiger partial charge in [0.25, 0.3) is 0 Å². The Bertz CT molecular complexity index is 602. The molecule has 21 heavy (non-hydrogen) atoms. The first-order valence-electron chi connectivity index (χ1n) is 6.80. The van der Waals surface area contributed by atoms with Crippen LogP contribution in [0.3, 0.4) is 0 Å². The third kappa shape index (κ3) is 5.34. The van der Waals surface area contributed by atoms with Crippen LogP contribution in [-0.4, -0.2) is 44.4 Å². The predicted molar refractivity (Wildman–Crippen MR) is 81.8 cm³/mol. The summed E-state index contributed by atoms with van der Waals surface area (Å²) in [5.74, 6) is -0.408. The zero-order chi connectivity index (χ0) is 16.0. The fourth-order valence-corrected chi connectivity index (χ4v) is 2.49. The van der Waals surface area contributed by atoms with E-state index in [9.17, 15) is 17.6 Å². The molecule has 0 bridgehead atoms. The molecule has 1 aromatic rings. The molecule has 1 aromatic carbocycles. The lowest BCUT2D eigenvalue weighted by Gasteiger charge is -2.18. The summed E-state index contributed by atoms with van der Waals surface area (Å²) in [4.78, 5) is 13.1. The second-order valence-electron chi connectivity index (χ2n) is 4.75. The number of benzene rings is 1. The van der Waals surface area contributed by atoms with Crippen molar-refractivity contribution in [2.24, 2.45) is 0 Å². The minimum absolute atomic E-state index is 0.0478. The summed E-state index contributed by atoms with van der Waals surface area (Å²) >= 11 is 0. The van der Waals surface area contributed by atoms with Crippen molar-refractivity contribution < 1.29 is 17.6 Å². The highest BCUT2D eigenvalue weighted by Crippen LogP contribution is 2.15. The van der Waals surface area contributed by atoms with Crippen LogP contribution in [0.25, 0.3) is 0 Å². The Morgan fingerprint density at radius 1 is 1.33 bits per heavy atom. The van der Waals surface area contributed by atoms with Crippen molar-refractivity contribution in [3.63, 3.8) is 0 Å². The minimum atomic E-state index is -3.12. The first-order valence-corrected chi connectivity index (χ1v) is 8.62. The Morgan fingerprint density at radius 2 is 2.00 bits per heavy atom. The first kappa shape index (κ1) is 17.4. The molecule has 0 spiro atoms. The number of rotatable bonds is 6. The third-order valence-corrected chi connectivity index (χ3v) is 4.89. The number of anilines is 1. The van der Waals surface area contributed by atoms with Gasteiger partial charge in [0.2, 0.25) is 0 Å². The van der Waals surface area contributed by atoms with Crippen molar-refractivity contribution in [3.8, 4) is 0 Å². The van der Waals surface area contributed by atoms with Crippen molar-refractivity contribution in [2.45, 2.75) is 20.3 Å². The van der Waals surface area contributed by atoms with Crippen molar-refractivity contribution >= 4 is 21.6 Å². The lowest BCUT2D eigenvalue weighted by Crippen LogP contribution is -2.35. The number of hydrogen-bond donors (Lipinski definition) is 1. The van der Waals surface area contributed by atoms with E-state index in [0.29, 0.717) is 17.7 Å². The van der Waals surface area contributed by atoms with Gasteiger partial charge in [0.1, 0.15) is 5.82 Å². The lowest BCUT2D eigenvalue weighted by atomic mass is 10.1. The summed E-state index contributed by atoms with van der Waals surface area (Å²) in [5.41, 5.74) is 0.926. The van der Waals surface area contributed by atoms with Gasteiger partial charge >= 0.3 is 6.03 Å². The highest BCUT2D eigenvalue weighted by Gasteiger charge is 2.14. The molecule has 0 fully saturated rings. The molecule has 7 heteroatoms.